The number of hydrogen-bond acceptors (Lipinski definition) is 5. The van der Waals surface area contributed by atoms with E-state index in [9.17, 15) is 9.90 Å². The summed E-state index contributed by atoms with van der Waals surface area (Å²) in [4.78, 5) is 15.1. The van der Waals surface area contributed by atoms with Gasteiger partial charge in [-0.3, -0.25) is 0 Å². The second-order valence-electron chi connectivity index (χ2n) is 4.31. The normalized spacial score (nSPS) is 15.5. The lowest BCUT2D eigenvalue weighted by molar-refractivity contribution is -0.162. The maximum Gasteiger partial charge on any atom is 0.338 e. The molecule has 1 atom stereocenters. The highest BCUT2D eigenvalue weighted by Gasteiger charge is 2.32. The molecule has 0 saturated heterocycles. The fraction of sp³-hybridized carbons (Fsp3) is 0.900. The number of hydrogen-bond donors (Lipinski definition) is 1. The summed E-state index contributed by atoms with van der Waals surface area (Å²) in [5, 5.41) is 9.79. The van der Waals surface area contributed by atoms with Crippen LogP contribution in [0.5, 0.6) is 0 Å². The average molecular weight is 218 g/mol. The minimum atomic E-state index is -1.43. The van der Waals surface area contributed by atoms with E-state index in [1.54, 1.807) is 0 Å². The molecule has 0 heterocycles. The Kier molecular flexibility index (Phi) is 5.79. The van der Waals surface area contributed by atoms with Crippen molar-refractivity contribution in [2.45, 2.75) is 12.5 Å². The first-order valence-electron chi connectivity index (χ1n) is 4.93. The first-order valence-corrected chi connectivity index (χ1v) is 4.93. The van der Waals surface area contributed by atoms with Gasteiger partial charge in [0, 0.05) is 19.6 Å². The number of rotatable bonds is 6. The molecule has 1 N–H and O–H groups in total. The zero-order chi connectivity index (χ0) is 12.1. The third-order valence-corrected chi connectivity index (χ3v) is 2.13. The zero-order valence-corrected chi connectivity index (χ0v) is 10.3. The summed E-state index contributed by atoms with van der Waals surface area (Å²) in [6.07, 6.45) is 0. The predicted octanol–water partition coefficient (Wildman–Crippen LogP) is -0.596. The van der Waals surface area contributed by atoms with E-state index in [0.29, 0.717) is 0 Å². The summed E-state index contributed by atoms with van der Waals surface area (Å²) in [5.41, 5.74) is -1.43. The maximum absolute atomic E-state index is 11.2. The number of carbonyl (C=O) groups is 1. The van der Waals surface area contributed by atoms with E-state index in [2.05, 4.69) is 4.74 Å². The number of ether oxygens (including phenoxy) is 1. The summed E-state index contributed by atoms with van der Waals surface area (Å²) < 4.78 is 4.52. The minimum absolute atomic E-state index is 0.271. The van der Waals surface area contributed by atoms with Gasteiger partial charge in [0.2, 0.25) is 0 Å². The summed E-state index contributed by atoms with van der Waals surface area (Å²) in [6, 6.07) is 0. The second kappa shape index (κ2) is 6.05. The number of nitrogens with zero attached hydrogens (tertiary/aromatic N) is 2. The van der Waals surface area contributed by atoms with Crippen LogP contribution in [0.3, 0.4) is 0 Å². The first kappa shape index (κ1) is 14.3. The predicted molar refractivity (Wildman–Crippen MR) is 58.7 cm³/mol. The molecule has 0 bridgehead atoms. The topological polar surface area (TPSA) is 53.0 Å². The van der Waals surface area contributed by atoms with E-state index in [1.165, 1.54) is 14.0 Å². The van der Waals surface area contributed by atoms with Crippen LogP contribution in [0.1, 0.15) is 6.92 Å². The highest BCUT2D eigenvalue weighted by atomic mass is 16.5. The van der Waals surface area contributed by atoms with Gasteiger partial charge in [-0.15, -0.1) is 0 Å². The van der Waals surface area contributed by atoms with Gasteiger partial charge in [0.25, 0.3) is 0 Å². The van der Waals surface area contributed by atoms with Crippen LogP contribution < -0.4 is 0 Å². The van der Waals surface area contributed by atoms with Crippen molar-refractivity contribution in [3.8, 4) is 0 Å². The molecule has 0 aromatic rings. The molecule has 15 heavy (non-hydrogen) atoms. The van der Waals surface area contributed by atoms with Crippen molar-refractivity contribution in [2.24, 2.45) is 0 Å². The Morgan fingerprint density at radius 3 is 2.27 bits per heavy atom. The van der Waals surface area contributed by atoms with Crippen LogP contribution in [0, 0.1) is 0 Å². The molecule has 5 nitrogen and oxygen atoms in total. The van der Waals surface area contributed by atoms with Crippen LogP contribution in [0.25, 0.3) is 0 Å². The molecule has 0 rings (SSSR count). The molecule has 0 amide bonds. The highest BCUT2D eigenvalue weighted by molar-refractivity contribution is 5.78. The van der Waals surface area contributed by atoms with Crippen LogP contribution in [-0.2, 0) is 9.53 Å². The van der Waals surface area contributed by atoms with Crippen molar-refractivity contribution in [2.75, 3.05) is 47.9 Å². The molecule has 1 unspecified atom stereocenters. The van der Waals surface area contributed by atoms with E-state index < -0.39 is 11.6 Å². The molecule has 0 spiro atoms. The van der Waals surface area contributed by atoms with Crippen molar-refractivity contribution < 1.29 is 14.6 Å². The Bertz CT molecular complexity index is 205. The van der Waals surface area contributed by atoms with Gasteiger partial charge in [-0.25, -0.2) is 4.79 Å². The quantitative estimate of drug-likeness (QED) is 0.604. The molecule has 0 fully saturated rings. The van der Waals surface area contributed by atoms with Crippen LogP contribution in [0.4, 0.5) is 0 Å². The zero-order valence-electron chi connectivity index (χ0n) is 10.3. The van der Waals surface area contributed by atoms with Gasteiger partial charge in [0.05, 0.1) is 7.11 Å². The largest absolute Gasteiger partial charge is 0.467 e. The van der Waals surface area contributed by atoms with E-state index in [4.69, 9.17) is 0 Å². The van der Waals surface area contributed by atoms with Gasteiger partial charge in [0.15, 0.2) is 5.60 Å². The molecule has 90 valence electrons. The van der Waals surface area contributed by atoms with Crippen LogP contribution >= 0.6 is 0 Å². The maximum atomic E-state index is 11.2. The lowest BCUT2D eigenvalue weighted by Gasteiger charge is -2.27. The molecule has 0 aromatic heterocycles. The number of carbonyl (C=O) groups excluding carboxylic acids is 1. The third-order valence-electron chi connectivity index (χ3n) is 2.13. The molecule has 0 aliphatic heterocycles. The van der Waals surface area contributed by atoms with E-state index in [-0.39, 0.29) is 6.54 Å². The summed E-state index contributed by atoms with van der Waals surface area (Å²) in [6.45, 7) is 3.41. The Morgan fingerprint density at radius 2 is 1.87 bits per heavy atom. The standard InChI is InChI=1S/C10H22N2O3/c1-10(14,9(13)15-5)8-12(4)7-6-11(2)3/h14H,6-8H2,1-5H3. The van der Waals surface area contributed by atoms with Gasteiger partial charge in [-0.05, 0) is 28.1 Å². The van der Waals surface area contributed by atoms with Crippen LogP contribution in [0.15, 0.2) is 0 Å². The minimum Gasteiger partial charge on any atom is -0.467 e. The summed E-state index contributed by atoms with van der Waals surface area (Å²) in [5.74, 6) is -0.598. The Balaban J connectivity index is 4.04. The summed E-state index contributed by atoms with van der Waals surface area (Å²) >= 11 is 0. The van der Waals surface area contributed by atoms with Crippen molar-refractivity contribution in [1.29, 1.82) is 0 Å². The molecular formula is C10H22N2O3. The van der Waals surface area contributed by atoms with E-state index >= 15 is 0 Å². The average Bonchev–Trinajstić information content (AvgIpc) is 2.12. The van der Waals surface area contributed by atoms with E-state index in [1.807, 2.05) is 30.9 Å². The molecule has 5 heteroatoms. The van der Waals surface area contributed by atoms with Crippen molar-refractivity contribution in [3.05, 3.63) is 0 Å². The number of methoxy groups -OCH3 is 1. The Labute approximate surface area is 91.6 Å². The molecule has 0 aliphatic carbocycles. The van der Waals surface area contributed by atoms with Crippen molar-refractivity contribution >= 4 is 5.97 Å². The van der Waals surface area contributed by atoms with E-state index in [0.717, 1.165) is 13.1 Å². The Hall–Kier alpha value is -0.650. The molecule has 0 radical (unpaired) electrons. The Morgan fingerprint density at radius 1 is 1.33 bits per heavy atom. The fourth-order valence-electron chi connectivity index (χ4n) is 1.26. The second-order valence-corrected chi connectivity index (χ2v) is 4.31. The molecule has 0 aromatic carbocycles. The van der Waals surface area contributed by atoms with Crippen LogP contribution in [0.2, 0.25) is 0 Å². The monoisotopic (exact) mass is 218 g/mol. The highest BCUT2D eigenvalue weighted by Crippen LogP contribution is 2.07. The summed E-state index contributed by atoms with van der Waals surface area (Å²) in [7, 11) is 7.09. The van der Waals surface area contributed by atoms with Crippen molar-refractivity contribution in [1.82, 2.24) is 9.80 Å². The molecule has 0 aliphatic rings. The van der Waals surface area contributed by atoms with Gasteiger partial charge < -0.3 is 19.6 Å². The SMILES string of the molecule is COC(=O)C(C)(O)CN(C)CCN(C)C. The van der Waals surface area contributed by atoms with Gasteiger partial charge in [0.1, 0.15) is 0 Å². The fourth-order valence-corrected chi connectivity index (χ4v) is 1.26. The first-order chi connectivity index (χ1) is 6.79. The number of likely N-dealkylation sites (N-methyl/N-ethyl adjacent to an activating group) is 2. The molecule has 0 saturated carbocycles. The lowest BCUT2D eigenvalue weighted by Crippen LogP contribution is -2.47. The smallest absolute Gasteiger partial charge is 0.338 e. The van der Waals surface area contributed by atoms with Crippen LogP contribution in [-0.4, -0.2) is 74.4 Å². The van der Waals surface area contributed by atoms with Gasteiger partial charge in [-0.2, -0.15) is 0 Å². The number of aliphatic hydroxyl groups is 1. The molecular weight excluding hydrogens is 196 g/mol. The lowest BCUT2D eigenvalue weighted by atomic mass is 10.1. The number of esters is 1. The van der Waals surface area contributed by atoms with Crippen molar-refractivity contribution in [3.63, 3.8) is 0 Å². The van der Waals surface area contributed by atoms with Gasteiger partial charge in [-0.1, -0.05) is 0 Å². The third kappa shape index (κ3) is 5.71. The van der Waals surface area contributed by atoms with Gasteiger partial charge >= 0.3 is 5.97 Å².